The Morgan fingerprint density at radius 3 is 2.77 bits per heavy atom. The van der Waals surface area contributed by atoms with Crippen LogP contribution in [0.3, 0.4) is 0 Å². The van der Waals surface area contributed by atoms with Crippen molar-refractivity contribution in [3.8, 4) is 11.8 Å². The van der Waals surface area contributed by atoms with E-state index < -0.39 is 27.0 Å². The molecule has 1 heterocycles. The molecule has 0 unspecified atom stereocenters. The van der Waals surface area contributed by atoms with Gasteiger partial charge in [0.2, 0.25) is 5.76 Å². The van der Waals surface area contributed by atoms with Gasteiger partial charge in [-0.25, -0.2) is 8.42 Å². The number of nitrogens with zero attached hydrogens (tertiary/aromatic N) is 1. The molecule has 1 aromatic heterocycles. The average Bonchev–Trinajstić information content (AvgIpc) is 3.18. The number of carbonyl (C=O) groups excluding carboxylic acids is 1. The molecule has 0 saturated heterocycles. The molecule has 1 aliphatic carbocycles. The van der Waals surface area contributed by atoms with Crippen molar-refractivity contribution in [1.29, 1.82) is 0 Å². The van der Waals surface area contributed by atoms with Gasteiger partial charge in [-0.2, -0.15) is 0 Å². The molecule has 1 N–H and O–H groups in total. The van der Waals surface area contributed by atoms with Gasteiger partial charge in [0.1, 0.15) is 11.4 Å². The van der Waals surface area contributed by atoms with Crippen molar-refractivity contribution >= 4 is 15.6 Å². The first kappa shape index (κ1) is 16.7. The van der Waals surface area contributed by atoms with Crippen LogP contribution < -0.4 is 0 Å². The molecule has 6 nitrogen and oxygen atoms in total. The Balaban J connectivity index is 2.07. The number of ketones is 1. The van der Waals surface area contributed by atoms with Crippen LogP contribution in [0, 0.1) is 17.8 Å². The Bertz CT molecular complexity index is 721. The summed E-state index contributed by atoms with van der Waals surface area (Å²) in [5, 5.41) is 12.8. The molecule has 1 atom stereocenters. The molecule has 7 heteroatoms. The zero-order valence-corrected chi connectivity index (χ0v) is 13.4. The Hall–Kier alpha value is -1.65. The molecular formula is C15H19NO5S. The second-order valence-corrected chi connectivity index (χ2v) is 8.26. The van der Waals surface area contributed by atoms with Crippen LogP contribution in [-0.4, -0.2) is 42.1 Å². The van der Waals surface area contributed by atoms with Crippen LogP contribution in [0.2, 0.25) is 0 Å². The van der Waals surface area contributed by atoms with Gasteiger partial charge in [0.05, 0.1) is 5.69 Å². The van der Waals surface area contributed by atoms with Crippen LogP contribution in [0.5, 0.6) is 0 Å². The van der Waals surface area contributed by atoms with E-state index in [-0.39, 0.29) is 12.8 Å². The summed E-state index contributed by atoms with van der Waals surface area (Å²) in [6.45, 7) is 0.523. The number of sulfone groups is 1. The van der Waals surface area contributed by atoms with Crippen LogP contribution in [0.15, 0.2) is 10.6 Å². The summed E-state index contributed by atoms with van der Waals surface area (Å²) >= 11 is 0. The molecule has 0 spiro atoms. The third kappa shape index (κ3) is 3.76. The lowest BCUT2D eigenvalue weighted by molar-refractivity contribution is -0.124. The van der Waals surface area contributed by atoms with E-state index in [4.69, 9.17) is 9.63 Å². The van der Waals surface area contributed by atoms with Crippen molar-refractivity contribution in [2.75, 3.05) is 12.9 Å². The largest absolute Gasteiger partial charge is 0.389 e. The second-order valence-electron chi connectivity index (χ2n) is 5.81. The molecule has 0 radical (unpaired) electrons. The van der Waals surface area contributed by atoms with Crippen LogP contribution in [0.4, 0.5) is 0 Å². The summed E-state index contributed by atoms with van der Waals surface area (Å²) in [6, 6.07) is 1.65. The van der Waals surface area contributed by atoms with Gasteiger partial charge in [0.25, 0.3) is 0 Å². The summed E-state index contributed by atoms with van der Waals surface area (Å²) in [7, 11) is -3.65. The molecule has 0 amide bonds. The third-order valence-corrected chi connectivity index (χ3v) is 6.01. The summed E-state index contributed by atoms with van der Waals surface area (Å²) in [5.74, 6) is 6.10. The topological polar surface area (TPSA) is 97.5 Å². The normalized spacial score (nSPS) is 17.4. The Labute approximate surface area is 129 Å². The number of carbonyl (C=O) groups is 1. The standard InChI is InChI=1S/C15H19NO5S/c1-15(14(18)10-17,22(2,19)20)8-7-12-9-13(21-16-12)6-5-11-3-4-11/h9,11,17H,3-4,7-8,10H2,1-2H3/t15-/m1/s1. The molecular weight excluding hydrogens is 306 g/mol. The highest BCUT2D eigenvalue weighted by Crippen LogP contribution is 2.28. The van der Waals surface area contributed by atoms with E-state index in [9.17, 15) is 13.2 Å². The summed E-state index contributed by atoms with van der Waals surface area (Å²) in [6.07, 6.45) is 3.51. The van der Waals surface area contributed by atoms with Crippen LogP contribution in [-0.2, 0) is 21.1 Å². The van der Waals surface area contributed by atoms with E-state index in [1.54, 1.807) is 6.07 Å². The summed E-state index contributed by atoms with van der Waals surface area (Å²) in [5.41, 5.74) is 0.542. The molecule has 0 aromatic carbocycles. The van der Waals surface area contributed by atoms with Crippen LogP contribution in [0.25, 0.3) is 0 Å². The monoisotopic (exact) mass is 325 g/mol. The summed E-state index contributed by atoms with van der Waals surface area (Å²) < 4.78 is 27.2. The van der Waals surface area contributed by atoms with Crippen LogP contribution in [0.1, 0.15) is 37.6 Å². The van der Waals surface area contributed by atoms with E-state index in [0.29, 0.717) is 17.4 Å². The van der Waals surface area contributed by atoms with E-state index in [0.717, 1.165) is 19.1 Å². The average molecular weight is 325 g/mol. The Morgan fingerprint density at radius 2 is 2.23 bits per heavy atom. The number of hydrogen-bond acceptors (Lipinski definition) is 6. The molecule has 2 rings (SSSR count). The van der Waals surface area contributed by atoms with E-state index in [1.165, 1.54) is 6.92 Å². The van der Waals surface area contributed by atoms with E-state index >= 15 is 0 Å². The minimum atomic E-state index is -3.65. The molecule has 1 saturated carbocycles. The van der Waals surface area contributed by atoms with Crippen molar-refractivity contribution < 1.29 is 22.8 Å². The first-order valence-corrected chi connectivity index (χ1v) is 8.96. The summed E-state index contributed by atoms with van der Waals surface area (Å²) in [4.78, 5) is 11.8. The molecule has 22 heavy (non-hydrogen) atoms. The fourth-order valence-corrected chi connectivity index (χ4v) is 2.91. The molecule has 0 aliphatic heterocycles. The minimum absolute atomic E-state index is 0.0350. The number of aliphatic hydroxyl groups is 1. The predicted octanol–water partition coefficient (Wildman–Crippen LogP) is 0.733. The molecule has 1 fully saturated rings. The maximum Gasteiger partial charge on any atom is 0.209 e. The third-order valence-electron chi connectivity index (χ3n) is 3.95. The second kappa shape index (κ2) is 6.23. The van der Waals surface area contributed by atoms with E-state index in [2.05, 4.69) is 17.0 Å². The molecule has 1 aromatic rings. The lowest BCUT2D eigenvalue weighted by Gasteiger charge is -2.24. The smallest absolute Gasteiger partial charge is 0.209 e. The van der Waals surface area contributed by atoms with Gasteiger partial charge in [-0.1, -0.05) is 11.1 Å². The number of aryl methyl sites for hydroxylation is 1. The Morgan fingerprint density at radius 1 is 1.55 bits per heavy atom. The highest BCUT2D eigenvalue weighted by Gasteiger charge is 2.42. The first-order chi connectivity index (χ1) is 10.3. The van der Waals surface area contributed by atoms with Gasteiger partial charge >= 0.3 is 0 Å². The van der Waals surface area contributed by atoms with Gasteiger partial charge in [0, 0.05) is 18.2 Å². The molecule has 0 bridgehead atoms. The quantitative estimate of drug-likeness (QED) is 0.775. The maximum absolute atomic E-state index is 11.9. The van der Waals surface area contributed by atoms with Crippen molar-refractivity contribution in [3.05, 3.63) is 17.5 Å². The van der Waals surface area contributed by atoms with Crippen molar-refractivity contribution in [2.24, 2.45) is 5.92 Å². The van der Waals surface area contributed by atoms with E-state index in [1.807, 2.05) is 0 Å². The fourth-order valence-electron chi connectivity index (χ4n) is 1.95. The number of Topliss-reactive ketones (excluding diaryl/α,β-unsaturated/α-hetero) is 1. The highest BCUT2D eigenvalue weighted by atomic mass is 32.2. The predicted molar refractivity (Wildman–Crippen MR) is 79.8 cm³/mol. The number of aromatic nitrogens is 1. The molecule has 120 valence electrons. The highest BCUT2D eigenvalue weighted by molar-refractivity contribution is 7.92. The SMILES string of the molecule is C[C@@](CCc1cc(C#CC2CC2)on1)(C(=O)CO)S(C)(=O)=O. The van der Waals surface area contributed by atoms with Crippen molar-refractivity contribution in [1.82, 2.24) is 5.16 Å². The van der Waals surface area contributed by atoms with Gasteiger partial charge in [-0.3, -0.25) is 4.79 Å². The zero-order valence-electron chi connectivity index (χ0n) is 12.6. The lowest BCUT2D eigenvalue weighted by atomic mass is 9.98. The molecule has 1 aliphatic rings. The lowest BCUT2D eigenvalue weighted by Crippen LogP contribution is -2.45. The van der Waals surface area contributed by atoms with Gasteiger partial charge < -0.3 is 9.63 Å². The van der Waals surface area contributed by atoms with Crippen LogP contribution >= 0.6 is 0 Å². The van der Waals surface area contributed by atoms with Gasteiger partial charge in [0.15, 0.2) is 15.6 Å². The number of hydrogen-bond donors (Lipinski definition) is 1. The maximum atomic E-state index is 11.9. The van der Waals surface area contributed by atoms with Crippen molar-refractivity contribution in [2.45, 2.75) is 37.4 Å². The first-order valence-electron chi connectivity index (χ1n) is 7.07. The zero-order chi connectivity index (χ0) is 16.4. The van der Waals surface area contributed by atoms with Gasteiger partial charge in [-0.15, -0.1) is 0 Å². The number of rotatable bonds is 6. The fraction of sp³-hybridized carbons (Fsp3) is 0.600. The van der Waals surface area contributed by atoms with Crippen molar-refractivity contribution in [3.63, 3.8) is 0 Å². The van der Waals surface area contributed by atoms with Gasteiger partial charge in [-0.05, 0) is 38.5 Å². The Kier molecular flexibility index (Phi) is 4.73. The number of aliphatic hydroxyl groups excluding tert-OH is 1. The minimum Gasteiger partial charge on any atom is -0.389 e.